The molecule has 1 aliphatic heterocycles. The molecular weight excluding hydrogens is 276 g/mol. The van der Waals surface area contributed by atoms with Gasteiger partial charge < -0.3 is 10.2 Å². The predicted octanol–water partition coefficient (Wildman–Crippen LogP) is 2.48. The highest BCUT2D eigenvalue weighted by Crippen LogP contribution is 2.28. The van der Waals surface area contributed by atoms with Crippen molar-refractivity contribution in [2.45, 2.75) is 51.1 Å². The zero-order valence-corrected chi connectivity index (χ0v) is 13.0. The van der Waals surface area contributed by atoms with Gasteiger partial charge in [0.1, 0.15) is 0 Å². The smallest absolute Gasteiger partial charge is 0.225 e. The van der Waals surface area contributed by atoms with Gasteiger partial charge in [-0.05, 0) is 18.4 Å². The molecule has 0 radical (unpaired) electrons. The van der Waals surface area contributed by atoms with Crippen molar-refractivity contribution in [2.24, 2.45) is 5.92 Å². The van der Waals surface area contributed by atoms with Crippen molar-refractivity contribution in [1.29, 1.82) is 0 Å². The first-order valence-corrected chi connectivity index (χ1v) is 8.35. The zero-order chi connectivity index (χ0) is 15.4. The third-order valence-electron chi connectivity index (χ3n) is 4.85. The van der Waals surface area contributed by atoms with Gasteiger partial charge in [0.2, 0.25) is 11.8 Å². The van der Waals surface area contributed by atoms with Crippen LogP contribution in [0.2, 0.25) is 0 Å². The molecule has 0 unspecified atom stereocenters. The normalized spacial score (nSPS) is 22.8. The average molecular weight is 300 g/mol. The van der Waals surface area contributed by atoms with Gasteiger partial charge in [0.05, 0.1) is 5.92 Å². The number of carbonyl (C=O) groups is 2. The van der Waals surface area contributed by atoms with Gasteiger partial charge in [-0.1, -0.05) is 49.6 Å². The van der Waals surface area contributed by atoms with Crippen molar-refractivity contribution in [3.63, 3.8) is 0 Å². The van der Waals surface area contributed by atoms with Crippen molar-refractivity contribution in [3.05, 3.63) is 35.9 Å². The first-order chi connectivity index (χ1) is 10.7. The average Bonchev–Trinajstić information content (AvgIpc) is 2.96. The van der Waals surface area contributed by atoms with Crippen LogP contribution in [0.5, 0.6) is 0 Å². The van der Waals surface area contributed by atoms with Crippen LogP contribution in [0.15, 0.2) is 30.3 Å². The van der Waals surface area contributed by atoms with Gasteiger partial charge in [0.15, 0.2) is 0 Å². The van der Waals surface area contributed by atoms with Gasteiger partial charge in [-0.25, -0.2) is 0 Å². The number of benzene rings is 1. The summed E-state index contributed by atoms with van der Waals surface area (Å²) in [7, 11) is 0. The Morgan fingerprint density at radius 3 is 2.59 bits per heavy atom. The lowest BCUT2D eigenvalue weighted by Gasteiger charge is -2.31. The van der Waals surface area contributed by atoms with E-state index in [-0.39, 0.29) is 17.7 Å². The summed E-state index contributed by atoms with van der Waals surface area (Å²) in [6.07, 6.45) is 6.27. The summed E-state index contributed by atoms with van der Waals surface area (Å²) in [5.41, 5.74) is 1.09. The molecule has 4 heteroatoms. The molecule has 1 saturated heterocycles. The van der Waals surface area contributed by atoms with E-state index >= 15 is 0 Å². The third kappa shape index (κ3) is 3.49. The number of rotatable bonds is 4. The highest BCUT2D eigenvalue weighted by Gasteiger charge is 2.37. The molecular formula is C18H24N2O2. The summed E-state index contributed by atoms with van der Waals surface area (Å²) in [4.78, 5) is 26.5. The van der Waals surface area contributed by atoms with Crippen LogP contribution in [-0.2, 0) is 16.1 Å². The Kier molecular flexibility index (Phi) is 4.76. The lowest BCUT2D eigenvalue weighted by atomic mass is 9.94. The van der Waals surface area contributed by atoms with E-state index in [0.717, 1.165) is 18.4 Å². The van der Waals surface area contributed by atoms with Crippen LogP contribution < -0.4 is 5.32 Å². The molecule has 1 aromatic carbocycles. The van der Waals surface area contributed by atoms with E-state index in [2.05, 4.69) is 5.32 Å². The van der Waals surface area contributed by atoms with E-state index in [0.29, 0.717) is 25.6 Å². The van der Waals surface area contributed by atoms with Crippen LogP contribution >= 0.6 is 0 Å². The Balaban J connectivity index is 1.52. The Hall–Kier alpha value is -1.84. The van der Waals surface area contributed by atoms with Crippen LogP contribution in [0.4, 0.5) is 0 Å². The van der Waals surface area contributed by atoms with Crippen LogP contribution in [0.3, 0.4) is 0 Å². The Morgan fingerprint density at radius 2 is 1.86 bits per heavy atom. The maximum atomic E-state index is 12.3. The van der Waals surface area contributed by atoms with Gasteiger partial charge in [0.25, 0.3) is 0 Å². The fourth-order valence-corrected chi connectivity index (χ4v) is 3.58. The lowest BCUT2D eigenvalue weighted by molar-refractivity contribution is -0.130. The molecule has 1 N–H and O–H groups in total. The molecule has 2 aliphatic rings. The molecule has 1 saturated carbocycles. The van der Waals surface area contributed by atoms with Crippen LogP contribution in [0.1, 0.15) is 44.1 Å². The van der Waals surface area contributed by atoms with Gasteiger partial charge in [-0.15, -0.1) is 0 Å². The van der Waals surface area contributed by atoms with E-state index in [1.807, 2.05) is 35.2 Å². The molecule has 3 rings (SSSR count). The minimum atomic E-state index is -0.182. The maximum Gasteiger partial charge on any atom is 0.225 e. The minimum absolute atomic E-state index is 0.00973. The number of nitrogens with one attached hydrogen (secondary N) is 1. The predicted molar refractivity (Wildman–Crippen MR) is 85.0 cm³/mol. The Bertz CT molecular complexity index is 523. The largest absolute Gasteiger partial charge is 0.352 e. The standard InChI is InChI=1S/C18H24N2O2/c21-17-11-15(13-20(17)16-9-5-2-6-10-16)18(22)19-12-14-7-3-1-4-8-14/h1,3-4,7-8,15-16H,2,5-6,9-13H2,(H,19,22)/t15-/m1/s1. The molecule has 1 aromatic rings. The number of amides is 2. The summed E-state index contributed by atoms with van der Waals surface area (Å²) in [5.74, 6) is -0.0135. The molecule has 2 amide bonds. The highest BCUT2D eigenvalue weighted by atomic mass is 16.2. The monoisotopic (exact) mass is 300 g/mol. The van der Waals surface area contributed by atoms with Crippen molar-refractivity contribution < 1.29 is 9.59 Å². The molecule has 1 heterocycles. The summed E-state index contributed by atoms with van der Waals surface area (Å²) in [6, 6.07) is 10.2. The number of hydrogen-bond acceptors (Lipinski definition) is 2. The second kappa shape index (κ2) is 6.95. The molecule has 2 fully saturated rings. The maximum absolute atomic E-state index is 12.3. The van der Waals surface area contributed by atoms with Crippen molar-refractivity contribution >= 4 is 11.8 Å². The van der Waals surface area contributed by atoms with Crippen molar-refractivity contribution in [2.75, 3.05) is 6.54 Å². The molecule has 0 aromatic heterocycles. The summed E-state index contributed by atoms with van der Waals surface area (Å²) in [5, 5.41) is 2.97. The van der Waals surface area contributed by atoms with E-state index in [1.54, 1.807) is 0 Å². The number of nitrogens with zero attached hydrogens (tertiary/aromatic N) is 1. The molecule has 1 aliphatic carbocycles. The fourth-order valence-electron chi connectivity index (χ4n) is 3.58. The van der Waals surface area contributed by atoms with E-state index in [4.69, 9.17) is 0 Å². The quantitative estimate of drug-likeness (QED) is 0.928. The molecule has 4 nitrogen and oxygen atoms in total. The molecule has 0 spiro atoms. The van der Waals surface area contributed by atoms with E-state index < -0.39 is 0 Å². The number of hydrogen-bond donors (Lipinski definition) is 1. The lowest BCUT2D eigenvalue weighted by Crippen LogP contribution is -2.39. The Labute approximate surface area is 131 Å². The summed E-state index contributed by atoms with van der Waals surface area (Å²) < 4.78 is 0. The highest BCUT2D eigenvalue weighted by molar-refractivity contribution is 5.89. The van der Waals surface area contributed by atoms with Crippen molar-refractivity contribution in [3.8, 4) is 0 Å². The number of carbonyl (C=O) groups excluding carboxylic acids is 2. The number of likely N-dealkylation sites (tertiary alicyclic amines) is 1. The third-order valence-corrected chi connectivity index (χ3v) is 4.85. The van der Waals surface area contributed by atoms with Gasteiger partial charge in [0, 0.05) is 25.6 Å². The minimum Gasteiger partial charge on any atom is -0.352 e. The summed E-state index contributed by atoms with van der Waals surface area (Å²) in [6.45, 7) is 1.14. The van der Waals surface area contributed by atoms with Gasteiger partial charge in [-0.3, -0.25) is 9.59 Å². The molecule has 1 atom stereocenters. The topological polar surface area (TPSA) is 49.4 Å². The van der Waals surface area contributed by atoms with Crippen LogP contribution in [0, 0.1) is 5.92 Å². The fraction of sp³-hybridized carbons (Fsp3) is 0.556. The first kappa shape index (κ1) is 15.1. The SMILES string of the molecule is O=C(NCc1ccccc1)[C@@H]1CC(=O)N(C2CCCCC2)C1. The van der Waals surface area contributed by atoms with Crippen LogP contribution in [0.25, 0.3) is 0 Å². The van der Waals surface area contributed by atoms with Crippen molar-refractivity contribution in [1.82, 2.24) is 10.2 Å². The van der Waals surface area contributed by atoms with E-state index in [9.17, 15) is 9.59 Å². The first-order valence-electron chi connectivity index (χ1n) is 8.35. The summed E-state index contributed by atoms with van der Waals surface area (Å²) >= 11 is 0. The molecule has 22 heavy (non-hydrogen) atoms. The Morgan fingerprint density at radius 1 is 1.14 bits per heavy atom. The van der Waals surface area contributed by atoms with Gasteiger partial charge in [-0.2, -0.15) is 0 Å². The van der Waals surface area contributed by atoms with Gasteiger partial charge >= 0.3 is 0 Å². The second-order valence-electron chi connectivity index (χ2n) is 6.44. The molecule has 0 bridgehead atoms. The zero-order valence-electron chi connectivity index (χ0n) is 13.0. The molecule has 118 valence electrons. The van der Waals surface area contributed by atoms with Crippen LogP contribution in [-0.4, -0.2) is 29.3 Å². The second-order valence-corrected chi connectivity index (χ2v) is 6.44. The van der Waals surface area contributed by atoms with E-state index in [1.165, 1.54) is 19.3 Å².